The average molecular weight is 379 g/mol. The minimum absolute atomic E-state index is 0.359. The topological polar surface area (TPSA) is 55.4 Å². The fourth-order valence-corrected chi connectivity index (χ4v) is 3.46. The lowest BCUT2D eigenvalue weighted by Gasteiger charge is -2.14. The number of anilines is 1. The molecule has 0 bridgehead atoms. The third-order valence-corrected chi connectivity index (χ3v) is 5.05. The fraction of sp³-hybridized carbons (Fsp3) is 0.182. The highest BCUT2D eigenvalue weighted by Gasteiger charge is 2.22. The Kier molecular flexibility index (Phi) is 5.72. The number of benzene rings is 2. The molecule has 0 aliphatic rings. The van der Waals surface area contributed by atoms with Crippen LogP contribution in [0.4, 0.5) is 5.69 Å². The molecule has 4 nitrogen and oxygen atoms in total. The first-order chi connectivity index (χ1) is 12.9. The van der Waals surface area contributed by atoms with Gasteiger partial charge < -0.3 is 10.1 Å². The summed E-state index contributed by atoms with van der Waals surface area (Å²) in [7, 11) is 0. The predicted molar refractivity (Wildman–Crippen MR) is 109 cm³/mol. The molecule has 1 heterocycles. The van der Waals surface area contributed by atoms with Gasteiger partial charge >= 0.3 is 5.97 Å². The molecule has 138 valence electrons. The van der Waals surface area contributed by atoms with E-state index in [4.69, 9.17) is 4.74 Å². The molecule has 3 aromatic rings. The molecule has 0 saturated heterocycles. The number of rotatable bonds is 5. The molecule has 1 N–H and O–H groups in total. The normalized spacial score (nSPS) is 11.7. The monoisotopic (exact) mass is 379 g/mol. The second-order valence-electron chi connectivity index (χ2n) is 6.44. The van der Waals surface area contributed by atoms with Gasteiger partial charge in [0.2, 0.25) is 0 Å². The molecular weight excluding hydrogens is 358 g/mol. The first kappa shape index (κ1) is 18.9. The van der Waals surface area contributed by atoms with Crippen LogP contribution in [0.25, 0.3) is 11.1 Å². The molecule has 1 atom stereocenters. The van der Waals surface area contributed by atoms with Crippen LogP contribution in [0.5, 0.6) is 0 Å². The lowest BCUT2D eigenvalue weighted by Crippen LogP contribution is -2.29. The van der Waals surface area contributed by atoms with Gasteiger partial charge in [-0.1, -0.05) is 42.0 Å². The molecule has 0 spiro atoms. The van der Waals surface area contributed by atoms with Crippen molar-refractivity contribution in [2.45, 2.75) is 26.9 Å². The van der Waals surface area contributed by atoms with Crippen molar-refractivity contribution in [2.24, 2.45) is 0 Å². The summed E-state index contributed by atoms with van der Waals surface area (Å²) in [5, 5.41) is 4.62. The number of esters is 1. The largest absolute Gasteiger partial charge is 0.448 e. The summed E-state index contributed by atoms with van der Waals surface area (Å²) < 4.78 is 5.40. The molecule has 3 rings (SSSR count). The van der Waals surface area contributed by atoms with Gasteiger partial charge in [-0.2, -0.15) is 0 Å². The van der Waals surface area contributed by atoms with E-state index in [9.17, 15) is 9.59 Å². The van der Waals surface area contributed by atoms with Gasteiger partial charge in [0.25, 0.3) is 5.91 Å². The number of carbonyl (C=O) groups is 2. The van der Waals surface area contributed by atoms with E-state index in [1.54, 1.807) is 13.0 Å². The molecule has 0 saturated carbocycles. The molecular formula is C22H21NO3S. The minimum atomic E-state index is -0.897. The number of aryl methyl sites for hydroxylation is 2. The number of carbonyl (C=O) groups excluding carboxylic acids is 2. The molecule has 2 aromatic carbocycles. The van der Waals surface area contributed by atoms with Crippen molar-refractivity contribution < 1.29 is 14.3 Å². The van der Waals surface area contributed by atoms with Crippen LogP contribution in [0.3, 0.4) is 0 Å². The highest BCUT2D eigenvalue weighted by atomic mass is 32.1. The number of nitrogens with one attached hydrogen (secondary N) is 1. The third-order valence-electron chi connectivity index (χ3n) is 4.15. The Morgan fingerprint density at radius 1 is 1.00 bits per heavy atom. The Balaban J connectivity index is 1.69. The molecule has 5 heteroatoms. The number of thiophene rings is 1. The quantitative estimate of drug-likeness (QED) is 0.619. The van der Waals surface area contributed by atoms with Crippen LogP contribution in [0.1, 0.15) is 27.7 Å². The molecule has 0 aliphatic heterocycles. The fourth-order valence-electron chi connectivity index (χ4n) is 2.66. The molecule has 1 aromatic heterocycles. The van der Waals surface area contributed by atoms with Crippen molar-refractivity contribution in [1.29, 1.82) is 0 Å². The van der Waals surface area contributed by atoms with Crippen LogP contribution in [-0.4, -0.2) is 18.0 Å². The van der Waals surface area contributed by atoms with Gasteiger partial charge in [-0.05, 0) is 55.5 Å². The number of ether oxygens (including phenoxy) is 1. The van der Waals surface area contributed by atoms with E-state index in [2.05, 4.69) is 5.32 Å². The maximum atomic E-state index is 12.6. The number of hydrogen-bond donors (Lipinski definition) is 1. The van der Waals surface area contributed by atoms with Gasteiger partial charge in [0.1, 0.15) is 4.88 Å². The van der Waals surface area contributed by atoms with Gasteiger partial charge in [-0.3, -0.25) is 4.79 Å². The second kappa shape index (κ2) is 8.18. The zero-order chi connectivity index (χ0) is 19.4. The van der Waals surface area contributed by atoms with Crippen LogP contribution < -0.4 is 5.32 Å². The first-order valence-corrected chi connectivity index (χ1v) is 9.55. The minimum Gasteiger partial charge on any atom is -0.448 e. The van der Waals surface area contributed by atoms with Crippen LogP contribution in [-0.2, 0) is 9.53 Å². The van der Waals surface area contributed by atoms with Gasteiger partial charge in [0.05, 0.1) is 0 Å². The Morgan fingerprint density at radius 3 is 2.44 bits per heavy atom. The first-order valence-electron chi connectivity index (χ1n) is 8.67. The lowest BCUT2D eigenvalue weighted by molar-refractivity contribution is -0.123. The van der Waals surface area contributed by atoms with Gasteiger partial charge in [0.15, 0.2) is 6.10 Å². The Labute approximate surface area is 162 Å². The van der Waals surface area contributed by atoms with Gasteiger partial charge in [-0.25, -0.2) is 4.79 Å². The van der Waals surface area contributed by atoms with E-state index in [0.29, 0.717) is 10.6 Å². The van der Waals surface area contributed by atoms with E-state index in [0.717, 1.165) is 22.3 Å². The molecule has 0 radical (unpaired) electrons. The molecule has 1 amide bonds. The summed E-state index contributed by atoms with van der Waals surface area (Å²) in [4.78, 5) is 25.4. The summed E-state index contributed by atoms with van der Waals surface area (Å²) in [6, 6.07) is 17.3. The molecule has 0 aliphatic carbocycles. The maximum absolute atomic E-state index is 12.6. The average Bonchev–Trinajstić information content (AvgIpc) is 3.12. The lowest BCUT2D eigenvalue weighted by atomic mass is 10.1. The zero-order valence-corrected chi connectivity index (χ0v) is 16.3. The molecule has 0 unspecified atom stereocenters. The predicted octanol–water partition coefficient (Wildman–Crippen LogP) is 5.22. The zero-order valence-electron chi connectivity index (χ0n) is 15.5. The van der Waals surface area contributed by atoms with Crippen molar-refractivity contribution in [3.63, 3.8) is 0 Å². The molecule has 0 fully saturated rings. The highest BCUT2D eigenvalue weighted by Crippen LogP contribution is 2.29. The van der Waals surface area contributed by atoms with Crippen LogP contribution in [0, 0.1) is 13.8 Å². The second-order valence-corrected chi connectivity index (χ2v) is 7.35. The van der Waals surface area contributed by atoms with Crippen LogP contribution in [0.15, 0.2) is 60.0 Å². The SMILES string of the molecule is Cc1ccc(-c2ccsc2C(=O)O[C@@H](C)C(=O)Nc2cccc(C)c2)cc1. The Morgan fingerprint density at radius 2 is 1.74 bits per heavy atom. The van der Waals surface area contributed by atoms with E-state index in [1.165, 1.54) is 11.3 Å². The number of amides is 1. The highest BCUT2D eigenvalue weighted by molar-refractivity contribution is 7.12. The Hall–Kier alpha value is -2.92. The van der Waals surface area contributed by atoms with Crippen molar-refractivity contribution in [3.8, 4) is 11.1 Å². The van der Waals surface area contributed by atoms with E-state index < -0.39 is 12.1 Å². The van der Waals surface area contributed by atoms with Crippen molar-refractivity contribution in [2.75, 3.05) is 5.32 Å². The molecule has 27 heavy (non-hydrogen) atoms. The van der Waals surface area contributed by atoms with Crippen molar-refractivity contribution in [1.82, 2.24) is 0 Å². The standard InChI is InChI=1S/C22H21NO3S/c1-14-7-9-17(10-8-14)19-11-12-27-20(19)22(25)26-16(3)21(24)23-18-6-4-5-15(2)13-18/h4-13,16H,1-3H3,(H,23,24)/t16-/m0/s1. The summed E-state index contributed by atoms with van der Waals surface area (Å²) in [6.07, 6.45) is -0.897. The van der Waals surface area contributed by atoms with Gasteiger partial charge in [-0.15, -0.1) is 11.3 Å². The van der Waals surface area contributed by atoms with Crippen LogP contribution >= 0.6 is 11.3 Å². The van der Waals surface area contributed by atoms with E-state index in [1.807, 2.05) is 67.8 Å². The maximum Gasteiger partial charge on any atom is 0.349 e. The van der Waals surface area contributed by atoms with Crippen molar-refractivity contribution in [3.05, 3.63) is 76.0 Å². The third kappa shape index (κ3) is 4.63. The smallest absolute Gasteiger partial charge is 0.349 e. The summed E-state index contributed by atoms with van der Waals surface area (Å²) in [6.45, 7) is 5.53. The number of hydrogen-bond acceptors (Lipinski definition) is 4. The summed E-state index contributed by atoms with van der Waals surface area (Å²) in [5.74, 6) is -0.852. The Bertz CT molecular complexity index is 960. The van der Waals surface area contributed by atoms with Crippen LogP contribution in [0.2, 0.25) is 0 Å². The van der Waals surface area contributed by atoms with Crippen molar-refractivity contribution >= 4 is 28.9 Å². The van der Waals surface area contributed by atoms with E-state index in [-0.39, 0.29) is 5.91 Å². The summed E-state index contributed by atoms with van der Waals surface area (Å²) in [5.41, 5.74) is 4.64. The van der Waals surface area contributed by atoms with E-state index >= 15 is 0 Å². The summed E-state index contributed by atoms with van der Waals surface area (Å²) >= 11 is 1.31. The van der Waals surface area contributed by atoms with Gasteiger partial charge in [0, 0.05) is 11.3 Å².